The molecule has 0 spiro atoms. The lowest BCUT2D eigenvalue weighted by Crippen LogP contribution is -2.24. The van der Waals surface area contributed by atoms with Crippen LogP contribution in [0.15, 0.2) is 64.3 Å². The smallest absolute Gasteiger partial charge is 0.274 e. The number of benzene rings is 1. The van der Waals surface area contributed by atoms with Gasteiger partial charge in [0.05, 0.1) is 17.6 Å². The van der Waals surface area contributed by atoms with Crippen molar-refractivity contribution >= 4 is 32.3 Å². The van der Waals surface area contributed by atoms with Crippen molar-refractivity contribution in [3.63, 3.8) is 0 Å². The summed E-state index contributed by atoms with van der Waals surface area (Å²) in [5, 5.41) is 5.86. The number of nitrogens with zero attached hydrogens (tertiary/aromatic N) is 4. The fraction of sp³-hybridized carbons (Fsp3) is 0.118. The highest BCUT2D eigenvalue weighted by molar-refractivity contribution is 9.10. The monoisotopic (exact) mass is 368 g/mol. The van der Waals surface area contributed by atoms with Gasteiger partial charge in [0.2, 0.25) is 0 Å². The van der Waals surface area contributed by atoms with Crippen LogP contribution in [0.3, 0.4) is 0 Å². The van der Waals surface area contributed by atoms with E-state index < -0.39 is 0 Å². The lowest BCUT2D eigenvalue weighted by molar-refractivity contribution is 0.575. The maximum atomic E-state index is 12.5. The van der Waals surface area contributed by atoms with E-state index in [1.165, 1.54) is 4.68 Å². The molecule has 0 saturated carbocycles. The summed E-state index contributed by atoms with van der Waals surface area (Å²) in [7, 11) is 0. The lowest BCUT2D eigenvalue weighted by Gasteiger charge is -2.06. The summed E-state index contributed by atoms with van der Waals surface area (Å²) in [5.74, 6) is 0. The van der Waals surface area contributed by atoms with E-state index in [1.807, 2.05) is 59.3 Å². The SMILES string of the molecule is O=c1c2ccccc2c(Br)nn1CCc1cn2ccccc2n1. The average Bonchev–Trinajstić information content (AvgIpc) is 3.00. The molecule has 6 heteroatoms. The van der Waals surface area contributed by atoms with E-state index in [0.29, 0.717) is 23.0 Å². The summed E-state index contributed by atoms with van der Waals surface area (Å²) in [6.45, 7) is 0.492. The fourth-order valence-corrected chi connectivity index (χ4v) is 3.21. The Kier molecular flexibility index (Phi) is 3.46. The number of rotatable bonds is 3. The van der Waals surface area contributed by atoms with Gasteiger partial charge in [0.15, 0.2) is 0 Å². The molecule has 23 heavy (non-hydrogen) atoms. The molecule has 5 nitrogen and oxygen atoms in total. The standard InChI is InChI=1S/C17H13BrN4O/c18-16-13-5-1-2-6-14(13)17(23)22(20-16)10-8-12-11-21-9-4-3-7-15(21)19-12/h1-7,9,11H,8,10H2. The zero-order chi connectivity index (χ0) is 15.8. The molecule has 3 aromatic heterocycles. The van der Waals surface area contributed by atoms with Crippen LogP contribution in [0, 0.1) is 0 Å². The molecule has 1 aromatic carbocycles. The second-order valence-electron chi connectivity index (χ2n) is 5.31. The number of hydrogen-bond donors (Lipinski definition) is 0. The van der Waals surface area contributed by atoms with Gasteiger partial charge in [-0.15, -0.1) is 0 Å². The largest absolute Gasteiger partial charge is 0.307 e. The van der Waals surface area contributed by atoms with Crippen molar-refractivity contribution in [3.8, 4) is 0 Å². The van der Waals surface area contributed by atoms with E-state index in [-0.39, 0.29) is 5.56 Å². The molecule has 0 atom stereocenters. The highest BCUT2D eigenvalue weighted by Gasteiger charge is 2.09. The van der Waals surface area contributed by atoms with Gasteiger partial charge in [0.25, 0.3) is 5.56 Å². The summed E-state index contributed by atoms with van der Waals surface area (Å²) in [5.41, 5.74) is 1.77. The van der Waals surface area contributed by atoms with Crippen molar-refractivity contribution in [1.29, 1.82) is 0 Å². The summed E-state index contributed by atoms with van der Waals surface area (Å²) >= 11 is 3.45. The van der Waals surface area contributed by atoms with Gasteiger partial charge in [-0.25, -0.2) is 9.67 Å². The topological polar surface area (TPSA) is 52.2 Å². The van der Waals surface area contributed by atoms with Crippen molar-refractivity contribution in [3.05, 3.63) is 75.5 Å². The third kappa shape index (κ3) is 2.55. The van der Waals surface area contributed by atoms with Gasteiger partial charge in [-0.05, 0) is 34.1 Å². The normalized spacial score (nSPS) is 11.3. The van der Waals surface area contributed by atoms with Crippen LogP contribution < -0.4 is 5.56 Å². The molecule has 114 valence electrons. The van der Waals surface area contributed by atoms with Crippen LogP contribution in [-0.4, -0.2) is 19.2 Å². The molecule has 0 N–H and O–H groups in total. The van der Waals surface area contributed by atoms with Gasteiger partial charge in [-0.2, -0.15) is 5.10 Å². The predicted molar refractivity (Wildman–Crippen MR) is 92.6 cm³/mol. The number of fused-ring (bicyclic) bond motifs is 2. The van der Waals surface area contributed by atoms with Crippen LogP contribution >= 0.6 is 15.9 Å². The first kappa shape index (κ1) is 14.1. The molecular formula is C17H13BrN4O. The van der Waals surface area contributed by atoms with Gasteiger partial charge >= 0.3 is 0 Å². The zero-order valence-corrected chi connectivity index (χ0v) is 13.8. The molecule has 0 radical (unpaired) electrons. The number of aromatic nitrogens is 4. The van der Waals surface area contributed by atoms with E-state index in [4.69, 9.17) is 0 Å². The minimum absolute atomic E-state index is 0.0763. The Balaban J connectivity index is 1.67. The average molecular weight is 369 g/mol. The second kappa shape index (κ2) is 5.62. The van der Waals surface area contributed by atoms with Gasteiger partial charge in [0, 0.05) is 24.2 Å². The first-order valence-corrected chi connectivity index (χ1v) is 8.10. The van der Waals surface area contributed by atoms with E-state index in [2.05, 4.69) is 26.0 Å². The number of halogens is 1. The maximum Gasteiger partial charge on any atom is 0.274 e. The van der Waals surface area contributed by atoms with Crippen LogP contribution in [0.1, 0.15) is 5.69 Å². The Morgan fingerprint density at radius 2 is 1.83 bits per heavy atom. The van der Waals surface area contributed by atoms with Crippen molar-refractivity contribution in [2.24, 2.45) is 0 Å². The zero-order valence-electron chi connectivity index (χ0n) is 12.2. The number of aryl methyl sites for hydroxylation is 2. The number of imidazole rings is 1. The van der Waals surface area contributed by atoms with Crippen molar-refractivity contribution < 1.29 is 0 Å². The third-order valence-corrected chi connectivity index (χ3v) is 4.40. The molecule has 0 aliphatic heterocycles. The first-order chi connectivity index (χ1) is 11.2. The van der Waals surface area contributed by atoms with Crippen LogP contribution in [0.2, 0.25) is 0 Å². The molecule has 0 fully saturated rings. The van der Waals surface area contributed by atoms with Crippen molar-refractivity contribution in [2.75, 3.05) is 0 Å². The number of hydrogen-bond acceptors (Lipinski definition) is 3. The molecule has 0 saturated heterocycles. The van der Waals surface area contributed by atoms with Crippen LogP contribution in [0.4, 0.5) is 0 Å². The number of pyridine rings is 1. The third-order valence-electron chi connectivity index (χ3n) is 3.82. The molecule has 4 aromatic rings. The van der Waals surface area contributed by atoms with Gasteiger partial charge in [0.1, 0.15) is 10.3 Å². The molecule has 4 rings (SSSR count). The highest BCUT2D eigenvalue weighted by atomic mass is 79.9. The van der Waals surface area contributed by atoms with Gasteiger partial charge < -0.3 is 4.40 Å². The predicted octanol–water partition coefficient (Wildman–Crippen LogP) is 3.05. The minimum Gasteiger partial charge on any atom is -0.307 e. The Bertz CT molecular complexity index is 1030. The minimum atomic E-state index is -0.0763. The Morgan fingerprint density at radius 1 is 1.04 bits per heavy atom. The summed E-state index contributed by atoms with van der Waals surface area (Å²) < 4.78 is 4.15. The molecule has 0 aliphatic carbocycles. The summed E-state index contributed by atoms with van der Waals surface area (Å²) in [4.78, 5) is 17.1. The molecule has 0 aliphatic rings. The summed E-state index contributed by atoms with van der Waals surface area (Å²) in [6, 6.07) is 13.4. The Hall–Kier alpha value is -2.47. The molecule has 0 bridgehead atoms. The maximum absolute atomic E-state index is 12.5. The van der Waals surface area contributed by atoms with Crippen LogP contribution in [0.5, 0.6) is 0 Å². The van der Waals surface area contributed by atoms with E-state index in [0.717, 1.165) is 16.7 Å². The quantitative estimate of drug-likeness (QED) is 0.558. The highest BCUT2D eigenvalue weighted by Crippen LogP contribution is 2.18. The molecule has 0 amide bonds. The van der Waals surface area contributed by atoms with Gasteiger partial charge in [-0.1, -0.05) is 24.3 Å². The van der Waals surface area contributed by atoms with Crippen molar-refractivity contribution in [2.45, 2.75) is 13.0 Å². The molecule has 0 unspecified atom stereocenters. The Morgan fingerprint density at radius 3 is 2.65 bits per heavy atom. The van der Waals surface area contributed by atoms with Crippen LogP contribution in [-0.2, 0) is 13.0 Å². The first-order valence-electron chi connectivity index (χ1n) is 7.30. The second-order valence-corrected chi connectivity index (χ2v) is 6.06. The lowest BCUT2D eigenvalue weighted by atomic mass is 10.2. The van der Waals surface area contributed by atoms with E-state index >= 15 is 0 Å². The summed E-state index contributed by atoms with van der Waals surface area (Å²) in [6.07, 6.45) is 4.60. The van der Waals surface area contributed by atoms with E-state index in [1.54, 1.807) is 0 Å². The van der Waals surface area contributed by atoms with Crippen molar-refractivity contribution in [1.82, 2.24) is 19.2 Å². The van der Waals surface area contributed by atoms with Crippen LogP contribution in [0.25, 0.3) is 16.4 Å². The molecule has 3 heterocycles. The fourth-order valence-electron chi connectivity index (χ4n) is 2.67. The molecular weight excluding hydrogens is 356 g/mol. The Labute approximate surface area is 140 Å². The van der Waals surface area contributed by atoms with E-state index in [9.17, 15) is 4.79 Å². The van der Waals surface area contributed by atoms with Gasteiger partial charge in [-0.3, -0.25) is 4.79 Å².